The SMILES string of the molecule is CCCCOc1c(C)c(CCCCO)nc2ccccc12. The third-order valence-corrected chi connectivity index (χ3v) is 3.74. The molecule has 1 heterocycles. The van der Waals surface area contributed by atoms with Gasteiger partial charge in [0.25, 0.3) is 0 Å². The van der Waals surface area contributed by atoms with Gasteiger partial charge < -0.3 is 9.84 Å². The Bertz CT molecular complexity index is 581. The Morgan fingerprint density at radius 2 is 1.95 bits per heavy atom. The number of hydrogen-bond acceptors (Lipinski definition) is 3. The molecule has 3 nitrogen and oxygen atoms in total. The van der Waals surface area contributed by atoms with E-state index in [1.165, 1.54) is 0 Å². The number of aliphatic hydroxyl groups excluding tert-OH is 1. The van der Waals surface area contributed by atoms with Crippen LogP contribution in [0.15, 0.2) is 24.3 Å². The van der Waals surface area contributed by atoms with Gasteiger partial charge in [0, 0.05) is 23.3 Å². The van der Waals surface area contributed by atoms with Crippen molar-refractivity contribution in [2.75, 3.05) is 13.2 Å². The molecule has 1 aromatic carbocycles. The molecule has 21 heavy (non-hydrogen) atoms. The molecule has 0 unspecified atom stereocenters. The molecule has 1 N–H and O–H groups in total. The topological polar surface area (TPSA) is 42.4 Å². The first kappa shape index (κ1) is 15.8. The average Bonchev–Trinajstić information content (AvgIpc) is 2.50. The predicted molar refractivity (Wildman–Crippen MR) is 86.9 cm³/mol. The molecule has 0 aliphatic carbocycles. The monoisotopic (exact) mass is 287 g/mol. The number of rotatable bonds is 8. The first-order valence-corrected chi connectivity index (χ1v) is 7.89. The summed E-state index contributed by atoms with van der Waals surface area (Å²) >= 11 is 0. The molecule has 2 aromatic rings. The van der Waals surface area contributed by atoms with Crippen LogP contribution in [0, 0.1) is 6.92 Å². The van der Waals surface area contributed by atoms with Crippen molar-refractivity contribution >= 4 is 10.9 Å². The minimum atomic E-state index is 0.243. The Hall–Kier alpha value is -1.61. The van der Waals surface area contributed by atoms with Crippen LogP contribution in [-0.2, 0) is 6.42 Å². The molecule has 0 aliphatic heterocycles. The Morgan fingerprint density at radius 3 is 2.71 bits per heavy atom. The van der Waals surface area contributed by atoms with Crippen LogP contribution in [0.2, 0.25) is 0 Å². The van der Waals surface area contributed by atoms with Crippen LogP contribution in [-0.4, -0.2) is 23.3 Å². The largest absolute Gasteiger partial charge is 0.493 e. The van der Waals surface area contributed by atoms with Gasteiger partial charge >= 0.3 is 0 Å². The number of ether oxygens (including phenoxy) is 1. The highest BCUT2D eigenvalue weighted by atomic mass is 16.5. The van der Waals surface area contributed by atoms with E-state index in [1.54, 1.807) is 0 Å². The molecule has 0 fully saturated rings. The lowest BCUT2D eigenvalue weighted by atomic mass is 10.0. The second kappa shape index (κ2) is 7.99. The second-order valence-electron chi connectivity index (χ2n) is 5.41. The molecule has 0 saturated heterocycles. The number of benzene rings is 1. The van der Waals surface area contributed by atoms with Crippen LogP contribution < -0.4 is 4.74 Å². The fraction of sp³-hybridized carbons (Fsp3) is 0.500. The molecule has 0 aliphatic rings. The van der Waals surface area contributed by atoms with E-state index in [1.807, 2.05) is 18.2 Å². The summed E-state index contributed by atoms with van der Waals surface area (Å²) < 4.78 is 6.05. The molecule has 0 saturated carbocycles. The lowest BCUT2D eigenvalue weighted by Crippen LogP contribution is -2.04. The molecule has 0 amide bonds. The molecule has 114 valence electrons. The summed E-state index contributed by atoms with van der Waals surface area (Å²) in [4.78, 5) is 4.77. The van der Waals surface area contributed by atoms with Crippen molar-refractivity contribution in [1.82, 2.24) is 4.98 Å². The number of fused-ring (bicyclic) bond motifs is 1. The lowest BCUT2D eigenvalue weighted by Gasteiger charge is -2.15. The first-order valence-electron chi connectivity index (χ1n) is 7.89. The van der Waals surface area contributed by atoms with Gasteiger partial charge in [-0.1, -0.05) is 25.5 Å². The summed E-state index contributed by atoms with van der Waals surface area (Å²) in [6.07, 6.45) is 4.86. The van der Waals surface area contributed by atoms with Gasteiger partial charge in [0.15, 0.2) is 0 Å². The highest BCUT2D eigenvalue weighted by Gasteiger charge is 2.12. The van der Waals surface area contributed by atoms with Gasteiger partial charge in [-0.05, 0) is 44.7 Å². The zero-order valence-corrected chi connectivity index (χ0v) is 13.1. The quantitative estimate of drug-likeness (QED) is 0.745. The Balaban J connectivity index is 2.34. The van der Waals surface area contributed by atoms with Crippen molar-refractivity contribution in [3.8, 4) is 5.75 Å². The average molecular weight is 287 g/mol. The van der Waals surface area contributed by atoms with E-state index in [2.05, 4.69) is 19.9 Å². The van der Waals surface area contributed by atoms with E-state index >= 15 is 0 Å². The molecular formula is C18H25NO2. The zero-order valence-electron chi connectivity index (χ0n) is 13.1. The van der Waals surface area contributed by atoms with Crippen LogP contribution >= 0.6 is 0 Å². The van der Waals surface area contributed by atoms with Crippen molar-refractivity contribution < 1.29 is 9.84 Å². The van der Waals surface area contributed by atoms with E-state index < -0.39 is 0 Å². The van der Waals surface area contributed by atoms with Crippen molar-refractivity contribution in [3.05, 3.63) is 35.5 Å². The number of aromatic nitrogens is 1. The van der Waals surface area contributed by atoms with Gasteiger partial charge in [-0.2, -0.15) is 0 Å². The molecular weight excluding hydrogens is 262 g/mol. The smallest absolute Gasteiger partial charge is 0.133 e. The number of hydrogen-bond donors (Lipinski definition) is 1. The van der Waals surface area contributed by atoms with Crippen LogP contribution in [0.3, 0.4) is 0 Å². The van der Waals surface area contributed by atoms with Gasteiger partial charge in [-0.25, -0.2) is 0 Å². The number of unbranched alkanes of at least 4 members (excludes halogenated alkanes) is 2. The van der Waals surface area contributed by atoms with E-state index in [0.29, 0.717) is 0 Å². The Morgan fingerprint density at radius 1 is 1.14 bits per heavy atom. The third-order valence-electron chi connectivity index (χ3n) is 3.74. The molecule has 0 radical (unpaired) electrons. The summed E-state index contributed by atoms with van der Waals surface area (Å²) in [7, 11) is 0. The van der Waals surface area contributed by atoms with Crippen molar-refractivity contribution in [1.29, 1.82) is 0 Å². The third kappa shape index (κ3) is 3.94. The van der Waals surface area contributed by atoms with Crippen LogP contribution in [0.25, 0.3) is 10.9 Å². The predicted octanol–water partition coefficient (Wildman–Crippen LogP) is 4.04. The molecule has 1 aromatic heterocycles. The normalized spacial score (nSPS) is 11.0. The summed E-state index contributed by atoms with van der Waals surface area (Å²) in [5.74, 6) is 0.980. The maximum absolute atomic E-state index is 8.94. The number of aryl methyl sites for hydroxylation is 1. The molecule has 3 heteroatoms. The summed E-state index contributed by atoms with van der Waals surface area (Å²) in [6, 6.07) is 8.16. The Labute approximate surface area is 127 Å². The molecule has 0 bridgehead atoms. The van der Waals surface area contributed by atoms with E-state index in [-0.39, 0.29) is 6.61 Å². The highest BCUT2D eigenvalue weighted by molar-refractivity contribution is 5.86. The van der Waals surface area contributed by atoms with Crippen molar-refractivity contribution in [3.63, 3.8) is 0 Å². The number of aliphatic hydroxyl groups is 1. The minimum absolute atomic E-state index is 0.243. The molecule has 0 atom stereocenters. The fourth-order valence-electron chi connectivity index (χ4n) is 2.48. The number of pyridine rings is 1. The molecule has 0 spiro atoms. The summed E-state index contributed by atoms with van der Waals surface area (Å²) in [5.41, 5.74) is 3.23. The van der Waals surface area contributed by atoms with Gasteiger partial charge in [0.05, 0.1) is 12.1 Å². The Kier molecular flexibility index (Phi) is 6.00. The van der Waals surface area contributed by atoms with Gasteiger partial charge in [-0.15, -0.1) is 0 Å². The van der Waals surface area contributed by atoms with Crippen molar-refractivity contribution in [2.45, 2.75) is 46.0 Å². The summed E-state index contributed by atoms with van der Waals surface area (Å²) in [5, 5.41) is 10.0. The maximum Gasteiger partial charge on any atom is 0.133 e. The van der Waals surface area contributed by atoms with E-state index in [0.717, 1.165) is 66.6 Å². The fourth-order valence-corrected chi connectivity index (χ4v) is 2.48. The van der Waals surface area contributed by atoms with Crippen LogP contribution in [0.4, 0.5) is 0 Å². The minimum Gasteiger partial charge on any atom is -0.493 e. The summed E-state index contributed by atoms with van der Waals surface area (Å²) in [6.45, 7) is 5.25. The van der Waals surface area contributed by atoms with E-state index in [4.69, 9.17) is 14.8 Å². The number of para-hydroxylation sites is 1. The van der Waals surface area contributed by atoms with Gasteiger partial charge in [0.2, 0.25) is 0 Å². The standard InChI is InChI=1S/C18H25NO2/c1-3-4-13-21-18-14(2)16(10-7-8-12-20)19-17-11-6-5-9-15(17)18/h5-6,9,11,20H,3-4,7-8,10,12-13H2,1-2H3. The molecule has 2 rings (SSSR count). The van der Waals surface area contributed by atoms with Crippen molar-refractivity contribution in [2.24, 2.45) is 0 Å². The zero-order chi connectivity index (χ0) is 15.1. The van der Waals surface area contributed by atoms with Crippen LogP contribution in [0.5, 0.6) is 5.75 Å². The van der Waals surface area contributed by atoms with E-state index in [9.17, 15) is 0 Å². The number of nitrogens with zero attached hydrogens (tertiary/aromatic N) is 1. The maximum atomic E-state index is 8.94. The highest BCUT2D eigenvalue weighted by Crippen LogP contribution is 2.31. The van der Waals surface area contributed by atoms with Gasteiger partial charge in [0.1, 0.15) is 5.75 Å². The van der Waals surface area contributed by atoms with Gasteiger partial charge in [-0.3, -0.25) is 4.98 Å². The lowest BCUT2D eigenvalue weighted by molar-refractivity contribution is 0.284. The second-order valence-corrected chi connectivity index (χ2v) is 5.41. The van der Waals surface area contributed by atoms with Crippen LogP contribution in [0.1, 0.15) is 43.9 Å². The first-order chi connectivity index (χ1) is 10.3.